The first-order valence-electron chi connectivity index (χ1n) is 7.41. The number of nitrogens with zero attached hydrogens (tertiary/aromatic N) is 2. The molecule has 0 bridgehead atoms. The van der Waals surface area contributed by atoms with Gasteiger partial charge >= 0.3 is 0 Å². The van der Waals surface area contributed by atoms with Crippen LogP contribution in [-0.2, 0) is 4.74 Å². The van der Waals surface area contributed by atoms with Gasteiger partial charge in [0.15, 0.2) is 0 Å². The minimum Gasteiger partial charge on any atom is -0.380 e. The Labute approximate surface area is 117 Å². The van der Waals surface area contributed by atoms with Gasteiger partial charge < -0.3 is 9.64 Å². The van der Waals surface area contributed by atoms with Gasteiger partial charge in [-0.2, -0.15) is 0 Å². The van der Waals surface area contributed by atoms with Gasteiger partial charge in [-0.15, -0.1) is 0 Å². The van der Waals surface area contributed by atoms with Crippen molar-refractivity contribution < 1.29 is 4.74 Å². The third-order valence-corrected chi connectivity index (χ3v) is 3.67. The fourth-order valence-electron chi connectivity index (χ4n) is 2.43. The van der Waals surface area contributed by atoms with Crippen LogP contribution in [0.4, 0.5) is 5.69 Å². The minimum absolute atomic E-state index is 0.873. The molecular formula is C16H26N2O. The van der Waals surface area contributed by atoms with Crippen LogP contribution in [0.5, 0.6) is 0 Å². The molecule has 1 aliphatic heterocycles. The van der Waals surface area contributed by atoms with Crippen LogP contribution in [0, 0.1) is 6.92 Å². The minimum atomic E-state index is 0.873. The maximum absolute atomic E-state index is 5.55. The predicted octanol–water partition coefficient (Wildman–Crippen LogP) is 2.54. The molecule has 106 valence electrons. The van der Waals surface area contributed by atoms with E-state index in [0.29, 0.717) is 0 Å². The monoisotopic (exact) mass is 262 g/mol. The van der Waals surface area contributed by atoms with Crippen LogP contribution in [0.25, 0.3) is 0 Å². The molecule has 1 aromatic carbocycles. The van der Waals surface area contributed by atoms with E-state index in [0.717, 1.165) is 52.4 Å². The molecule has 2 rings (SSSR count). The Hall–Kier alpha value is -1.06. The molecule has 0 unspecified atom stereocenters. The average Bonchev–Trinajstić information content (AvgIpc) is 2.45. The summed E-state index contributed by atoms with van der Waals surface area (Å²) in [5.74, 6) is 0. The number of rotatable bonds is 6. The zero-order valence-corrected chi connectivity index (χ0v) is 12.3. The van der Waals surface area contributed by atoms with Gasteiger partial charge in [0.05, 0.1) is 6.61 Å². The van der Waals surface area contributed by atoms with E-state index in [1.54, 1.807) is 0 Å². The Bertz CT molecular complexity index is 356. The van der Waals surface area contributed by atoms with Crippen LogP contribution in [0.2, 0.25) is 0 Å². The SMILES string of the molecule is CCCOCCN1CCN(c2ccc(C)cc2)CC1. The van der Waals surface area contributed by atoms with Crippen LogP contribution < -0.4 is 4.90 Å². The summed E-state index contributed by atoms with van der Waals surface area (Å²) in [4.78, 5) is 4.98. The number of ether oxygens (including phenoxy) is 1. The van der Waals surface area contributed by atoms with Crippen molar-refractivity contribution in [1.82, 2.24) is 4.90 Å². The summed E-state index contributed by atoms with van der Waals surface area (Å²) < 4.78 is 5.55. The molecule has 0 spiro atoms. The summed E-state index contributed by atoms with van der Waals surface area (Å²) in [6.45, 7) is 11.7. The van der Waals surface area contributed by atoms with E-state index in [1.165, 1.54) is 11.3 Å². The molecule has 3 heteroatoms. The number of piperazine rings is 1. The standard InChI is InChI=1S/C16H26N2O/c1-3-13-19-14-12-17-8-10-18(11-9-17)16-6-4-15(2)5-7-16/h4-7H,3,8-14H2,1-2H3. The molecule has 3 nitrogen and oxygen atoms in total. The number of hydrogen-bond acceptors (Lipinski definition) is 3. The summed E-state index contributed by atoms with van der Waals surface area (Å²) in [7, 11) is 0. The van der Waals surface area contributed by atoms with Gasteiger partial charge in [-0.1, -0.05) is 24.6 Å². The van der Waals surface area contributed by atoms with Crippen molar-refractivity contribution >= 4 is 5.69 Å². The van der Waals surface area contributed by atoms with Crippen LogP contribution in [0.1, 0.15) is 18.9 Å². The summed E-state index contributed by atoms with van der Waals surface area (Å²) in [5, 5.41) is 0. The lowest BCUT2D eigenvalue weighted by molar-refractivity contribution is 0.102. The number of anilines is 1. The van der Waals surface area contributed by atoms with Crippen molar-refractivity contribution in [3.05, 3.63) is 29.8 Å². The van der Waals surface area contributed by atoms with Gasteiger partial charge in [0.25, 0.3) is 0 Å². The molecule has 0 amide bonds. The van der Waals surface area contributed by atoms with Gasteiger partial charge in [-0.25, -0.2) is 0 Å². The summed E-state index contributed by atoms with van der Waals surface area (Å²) in [6.07, 6.45) is 1.11. The fourth-order valence-corrected chi connectivity index (χ4v) is 2.43. The third kappa shape index (κ3) is 4.51. The number of hydrogen-bond donors (Lipinski definition) is 0. The van der Waals surface area contributed by atoms with Crippen LogP contribution in [0.15, 0.2) is 24.3 Å². The van der Waals surface area contributed by atoms with Gasteiger partial charge in [0.2, 0.25) is 0 Å². The highest BCUT2D eigenvalue weighted by molar-refractivity contribution is 5.47. The van der Waals surface area contributed by atoms with Crippen LogP contribution in [0.3, 0.4) is 0 Å². The molecule has 0 saturated carbocycles. The Balaban J connectivity index is 1.71. The zero-order valence-electron chi connectivity index (χ0n) is 12.3. The lowest BCUT2D eigenvalue weighted by atomic mass is 10.2. The second kappa shape index (κ2) is 7.51. The van der Waals surface area contributed by atoms with E-state index in [-0.39, 0.29) is 0 Å². The van der Waals surface area contributed by atoms with Gasteiger partial charge in [0, 0.05) is 45.0 Å². The van der Waals surface area contributed by atoms with E-state index in [2.05, 4.69) is 47.9 Å². The lowest BCUT2D eigenvalue weighted by Gasteiger charge is -2.36. The zero-order chi connectivity index (χ0) is 13.5. The van der Waals surface area contributed by atoms with Crippen LogP contribution in [-0.4, -0.2) is 50.8 Å². The molecule has 19 heavy (non-hydrogen) atoms. The Morgan fingerprint density at radius 3 is 2.32 bits per heavy atom. The first-order chi connectivity index (χ1) is 9.29. The highest BCUT2D eigenvalue weighted by atomic mass is 16.5. The van der Waals surface area contributed by atoms with Gasteiger partial charge in [0.1, 0.15) is 0 Å². The third-order valence-electron chi connectivity index (χ3n) is 3.67. The largest absolute Gasteiger partial charge is 0.380 e. The van der Waals surface area contributed by atoms with Gasteiger partial charge in [-0.05, 0) is 25.5 Å². The maximum atomic E-state index is 5.55. The van der Waals surface area contributed by atoms with E-state index >= 15 is 0 Å². The summed E-state index contributed by atoms with van der Waals surface area (Å²) in [6, 6.07) is 8.85. The van der Waals surface area contributed by atoms with Crippen molar-refractivity contribution in [2.75, 3.05) is 50.8 Å². The normalized spacial score (nSPS) is 16.8. The lowest BCUT2D eigenvalue weighted by Crippen LogP contribution is -2.47. The summed E-state index contributed by atoms with van der Waals surface area (Å²) in [5.41, 5.74) is 2.68. The van der Waals surface area contributed by atoms with Crippen molar-refractivity contribution in [1.29, 1.82) is 0 Å². The van der Waals surface area contributed by atoms with E-state index < -0.39 is 0 Å². The second-order valence-electron chi connectivity index (χ2n) is 5.28. The number of benzene rings is 1. The molecule has 1 aromatic rings. The highest BCUT2D eigenvalue weighted by Gasteiger charge is 2.16. The highest BCUT2D eigenvalue weighted by Crippen LogP contribution is 2.16. The molecule has 0 atom stereocenters. The predicted molar refractivity (Wildman–Crippen MR) is 80.9 cm³/mol. The van der Waals surface area contributed by atoms with Crippen molar-refractivity contribution in [3.63, 3.8) is 0 Å². The van der Waals surface area contributed by atoms with E-state index in [1.807, 2.05) is 0 Å². The smallest absolute Gasteiger partial charge is 0.0593 e. The Morgan fingerprint density at radius 1 is 1.00 bits per heavy atom. The molecule has 0 aromatic heterocycles. The number of aryl methyl sites for hydroxylation is 1. The fraction of sp³-hybridized carbons (Fsp3) is 0.625. The van der Waals surface area contributed by atoms with Crippen molar-refractivity contribution in [2.24, 2.45) is 0 Å². The molecule has 1 saturated heterocycles. The topological polar surface area (TPSA) is 15.7 Å². The first kappa shape index (κ1) is 14.4. The molecule has 1 heterocycles. The van der Waals surface area contributed by atoms with Crippen molar-refractivity contribution in [3.8, 4) is 0 Å². The van der Waals surface area contributed by atoms with Crippen LogP contribution >= 0.6 is 0 Å². The molecule has 0 radical (unpaired) electrons. The first-order valence-corrected chi connectivity index (χ1v) is 7.41. The average molecular weight is 262 g/mol. The van der Waals surface area contributed by atoms with E-state index in [4.69, 9.17) is 4.74 Å². The molecule has 0 N–H and O–H groups in total. The molecule has 0 aliphatic carbocycles. The molecular weight excluding hydrogens is 236 g/mol. The maximum Gasteiger partial charge on any atom is 0.0593 e. The molecule has 1 fully saturated rings. The molecule has 1 aliphatic rings. The Kier molecular flexibility index (Phi) is 5.67. The quantitative estimate of drug-likeness (QED) is 0.733. The van der Waals surface area contributed by atoms with Gasteiger partial charge in [-0.3, -0.25) is 4.90 Å². The van der Waals surface area contributed by atoms with E-state index in [9.17, 15) is 0 Å². The van der Waals surface area contributed by atoms with Crippen molar-refractivity contribution in [2.45, 2.75) is 20.3 Å². The second-order valence-corrected chi connectivity index (χ2v) is 5.28. The summed E-state index contributed by atoms with van der Waals surface area (Å²) >= 11 is 0. The Morgan fingerprint density at radius 2 is 1.68 bits per heavy atom.